The van der Waals surface area contributed by atoms with Crippen LogP contribution in [0.15, 0.2) is 30.6 Å². The first kappa shape index (κ1) is 15.6. The maximum Gasteiger partial charge on any atom is 0.253 e. The molecule has 0 unspecified atom stereocenters. The van der Waals surface area contributed by atoms with Crippen molar-refractivity contribution < 1.29 is 25.7 Å². The lowest BCUT2D eigenvalue weighted by atomic mass is 10.3. The van der Waals surface area contributed by atoms with Crippen molar-refractivity contribution in [3.05, 3.63) is 30.6 Å². The lowest BCUT2D eigenvalue weighted by molar-refractivity contribution is -0.441. The number of aliphatic hydroxyl groups excluding tert-OH is 1. The molecule has 0 radical (unpaired) electrons. The summed E-state index contributed by atoms with van der Waals surface area (Å²) >= 11 is 3.35. The van der Waals surface area contributed by atoms with Gasteiger partial charge in [0.1, 0.15) is 0 Å². The van der Waals surface area contributed by atoms with Crippen molar-refractivity contribution in [1.82, 2.24) is 4.98 Å². The minimum atomic E-state index is 0. The fraction of sp³-hybridized carbons (Fsp3) is 0.364. The van der Waals surface area contributed by atoms with Crippen LogP contribution in [-0.4, -0.2) is 16.7 Å². The van der Waals surface area contributed by atoms with E-state index in [2.05, 4.69) is 28.1 Å². The highest BCUT2D eigenvalue weighted by molar-refractivity contribution is 9.04. The Kier molecular flexibility index (Phi) is 8.51. The molecule has 90 valence electrons. The highest BCUT2D eigenvalue weighted by Crippen LogP contribution is 2.05. The molecule has 2 N–H and O–H groups in total. The zero-order chi connectivity index (χ0) is 11.1. The first-order valence-corrected chi connectivity index (χ1v) is 5.75. The fourth-order valence-electron chi connectivity index (χ4n) is 1.14. The number of aliphatic hydroxyl groups is 1. The summed E-state index contributed by atoms with van der Waals surface area (Å²) < 4.78 is 1.88. The van der Waals surface area contributed by atoms with E-state index >= 15 is 0 Å². The normalized spacial score (nSPS) is 9.19. The van der Waals surface area contributed by atoms with E-state index in [1.165, 1.54) is 0 Å². The molecule has 2 aromatic rings. The standard InChI is InChI=1S/C7H5BrN2.C4H10O.BrH/c8-10-5-9-6-3-1-2-4-7(6)10;1-2-3-4-5;/h1-5H;5H,2-4H2,1H3;1H. The second-order valence-corrected chi connectivity index (χ2v) is 3.94. The molecule has 0 fully saturated rings. The molecule has 0 spiro atoms. The number of H-pyrrole nitrogens is 1. The number of imidazole rings is 1. The molecule has 0 aliphatic carbocycles. The van der Waals surface area contributed by atoms with Gasteiger partial charge in [-0.05, 0) is 18.6 Å². The number of nitrogens with zero attached hydrogens (tertiary/aromatic N) is 1. The Morgan fingerprint density at radius 2 is 2.06 bits per heavy atom. The minimum absolute atomic E-state index is 0. The minimum Gasteiger partial charge on any atom is -1.00 e. The molecule has 3 nitrogen and oxygen atoms in total. The number of aromatic amines is 1. The molecule has 0 aliphatic heterocycles. The van der Waals surface area contributed by atoms with E-state index in [1.54, 1.807) is 0 Å². The molecule has 0 atom stereocenters. The molecule has 0 saturated heterocycles. The highest BCUT2D eigenvalue weighted by atomic mass is 79.9. The number of hydrogen-bond donors (Lipinski definition) is 2. The van der Waals surface area contributed by atoms with Crippen LogP contribution >= 0.6 is 16.1 Å². The van der Waals surface area contributed by atoms with Crippen molar-refractivity contribution in [2.45, 2.75) is 19.8 Å². The van der Waals surface area contributed by atoms with Crippen molar-refractivity contribution in [3.63, 3.8) is 0 Å². The van der Waals surface area contributed by atoms with Crippen LogP contribution in [0.2, 0.25) is 0 Å². The number of hydrogen-bond acceptors (Lipinski definition) is 1. The van der Waals surface area contributed by atoms with E-state index < -0.39 is 0 Å². The van der Waals surface area contributed by atoms with Gasteiger partial charge in [-0.25, -0.2) is 4.98 Å². The topological polar surface area (TPSA) is 39.9 Å². The Balaban J connectivity index is 0.000000330. The van der Waals surface area contributed by atoms with Crippen LogP contribution in [0.25, 0.3) is 11.0 Å². The molecule has 0 aliphatic rings. The average molecular weight is 352 g/mol. The van der Waals surface area contributed by atoms with Crippen LogP contribution in [0.5, 0.6) is 0 Å². The van der Waals surface area contributed by atoms with Gasteiger partial charge in [0.05, 0.1) is 0 Å². The molecule has 1 aromatic heterocycles. The summed E-state index contributed by atoms with van der Waals surface area (Å²) in [6.07, 6.45) is 3.90. The Bertz CT molecular complexity index is 402. The summed E-state index contributed by atoms with van der Waals surface area (Å²) in [5, 5.41) is 8.07. The second kappa shape index (κ2) is 8.73. The number of aromatic nitrogens is 2. The maximum absolute atomic E-state index is 8.07. The fourth-order valence-corrected chi connectivity index (χ4v) is 1.55. The van der Waals surface area contributed by atoms with Crippen molar-refractivity contribution in [2.75, 3.05) is 6.61 Å². The molecule has 5 heteroatoms. The Morgan fingerprint density at radius 1 is 1.38 bits per heavy atom. The zero-order valence-electron chi connectivity index (χ0n) is 9.16. The molecule has 0 saturated carbocycles. The quantitative estimate of drug-likeness (QED) is 0.745. The first-order chi connectivity index (χ1) is 7.29. The van der Waals surface area contributed by atoms with Gasteiger partial charge in [-0.15, -0.1) is 0 Å². The van der Waals surface area contributed by atoms with Gasteiger partial charge in [-0.3, -0.25) is 0 Å². The molecule has 1 aromatic carbocycles. The Labute approximate surface area is 115 Å². The Hall–Kier alpha value is -0.390. The maximum atomic E-state index is 8.07. The van der Waals surface area contributed by atoms with Gasteiger partial charge in [0.15, 0.2) is 27.2 Å². The van der Waals surface area contributed by atoms with Crippen LogP contribution in [0.4, 0.5) is 0 Å². The number of para-hydroxylation sites is 2. The predicted octanol–water partition coefficient (Wildman–Crippen LogP) is -0.604. The lowest BCUT2D eigenvalue weighted by Crippen LogP contribution is -3.00. The monoisotopic (exact) mass is 350 g/mol. The van der Waals surface area contributed by atoms with Crippen molar-refractivity contribution in [3.8, 4) is 0 Å². The third-order valence-electron chi connectivity index (χ3n) is 1.98. The van der Waals surface area contributed by atoms with Crippen LogP contribution < -0.4 is 20.6 Å². The van der Waals surface area contributed by atoms with Gasteiger partial charge in [-0.2, -0.15) is 3.59 Å². The van der Waals surface area contributed by atoms with Crippen molar-refractivity contribution in [1.29, 1.82) is 0 Å². The van der Waals surface area contributed by atoms with Gasteiger partial charge in [-0.1, -0.05) is 25.5 Å². The third kappa shape index (κ3) is 4.63. The highest BCUT2D eigenvalue weighted by Gasteiger charge is 2.03. The van der Waals surface area contributed by atoms with E-state index in [0.29, 0.717) is 6.61 Å². The molecule has 2 rings (SSSR count). The molecule has 1 heterocycles. The van der Waals surface area contributed by atoms with E-state index in [9.17, 15) is 0 Å². The van der Waals surface area contributed by atoms with Crippen LogP contribution in [0.3, 0.4) is 0 Å². The van der Waals surface area contributed by atoms with Gasteiger partial charge < -0.3 is 22.1 Å². The number of unbranched alkanes of at least 4 members (excludes halogenated alkanes) is 1. The lowest BCUT2D eigenvalue weighted by Gasteiger charge is -1.80. The number of benzene rings is 1. The first-order valence-electron chi connectivity index (χ1n) is 5.04. The van der Waals surface area contributed by atoms with Gasteiger partial charge in [0.2, 0.25) is 0 Å². The molecule has 0 amide bonds. The van der Waals surface area contributed by atoms with Gasteiger partial charge in [0, 0.05) is 6.61 Å². The summed E-state index contributed by atoms with van der Waals surface area (Å²) in [7, 11) is 0. The largest absolute Gasteiger partial charge is 1.00 e. The molecular formula is C11H16Br2N2O. The summed E-state index contributed by atoms with van der Waals surface area (Å²) in [5.74, 6) is 0. The van der Waals surface area contributed by atoms with Crippen LogP contribution in [0, 0.1) is 0 Å². The van der Waals surface area contributed by atoms with E-state index in [-0.39, 0.29) is 17.0 Å². The number of nitrogens with one attached hydrogen (secondary N) is 1. The number of halogens is 2. The van der Waals surface area contributed by atoms with Crippen molar-refractivity contribution >= 4 is 27.2 Å². The summed E-state index contributed by atoms with van der Waals surface area (Å²) in [6.45, 7) is 2.40. The number of fused-ring (bicyclic) bond motifs is 1. The average Bonchev–Trinajstić information content (AvgIpc) is 2.64. The van der Waals surface area contributed by atoms with Crippen LogP contribution in [0.1, 0.15) is 19.8 Å². The second-order valence-electron chi connectivity index (χ2n) is 3.18. The summed E-state index contributed by atoms with van der Waals surface area (Å²) in [6, 6.07) is 8.09. The third-order valence-corrected chi connectivity index (χ3v) is 2.57. The number of rotatable bonds is 2. The SMILES string of the molecule is Br[n+]1c[nH]c2ccccc21.CCCCO.[Br-]. The van der Waals surface area contributed by atoms with Gasteiger partial charge >= 0.3 is 0 Å². The van der Waals surface area contributed by atoms with E-state index in [4.69, 9.17) is 5.11 Å². The zero-order valence-corrected chi connectivity index (χ0v) is 12.3. The molecular weight excluding hydrogens is 336 g/mol. The van der Waals surface area contributed by atoms with E-state index in [1.807, 2.05) is 34.2 Å². The smallest absolute Gasteiger partial charge is 0.253 e. The Morgan fingerprint density at radius 3 is 2.56 bits per heavy atom. The summed E-state index contributed by atoms with van der Waals surface area (Å²) in [5.41, 5.74) is 2.29. The van der Waals surface area contributed by atoms with E-state index in [0.717, 1.165) is 23.9 Å². The summed E-state index contributed by atoms with van der Waals surface area (Å²) in [4.78, 5) is 3.10. The molecule has 16 heavy (non-hydrogen) atoms. The predicted molar refractivity (Wildman–Crippen MR) is 64.8 cm³/mol. The van der Waals surface area contributed by atoms with Crippen molar-refractivity contribution in [2.24, 2.45) is 0 Å². The van der Waals surface area contributed by atoms with Gasteiger partial charge in [0.25, 0.3) is 6.33 Å². The van der Waals surface area contributed by atoms with Crippen LogP contribution in [-0.2, 0) is 0 Å². The molecule has 0 bridgehead atoms.